The van der Waals surface area contributed by atoms with E-state index in [4.69, 9.17) is 11.6 Å². The van der Waals surface area contributed by atoms with E-state index in [0.29, 0.717) is 27.5 Å². The average molecular weight is 420 g/mol. The van der Waals surface area contributed by atoms with Gasteiger partial charge in [-0.25, -0.2) is 4.79 Å². The summed E-state index contributed by atoms with van der Waals surface area (Å²) < 4.78 is 2.48. The minimum atomic E-state index is -0.386. The Morgan fingerprint density at radius 3 is 2.68 bits per heavy atom. The van der Waals surface area contributed by atoms with Crippen LogP contribution in [0.25, 0.3) is 0 Å². The van der Waals surface area contributed by atoms with E-state index in [1.165, 1.54) is 5.56 Å². The number of rotatable bonds is 4. The Hall–Kier alpha value is -2.31. The van der Waals surface area contributed by atoms with Crippen molar-refractivity contribution < 1.29 is 4.79 Å². The van der Waals surface area contributed by atoms with E-state index in [1.807, 2.05) is 6.20 Å². The van der Waals surface area contributed by atoms with Gasteiger partial charge in [-0.2, -0.15) is 5.10 Å². The molecule has 128 valence electrons. The molecule has 0 bridgehead atoms. The number of hydrogen-bond acceptors (Lipinski definition) is 2. The average Bonchev–Trinajstić information content (AvgIpc) is 2.89. The molecule has 0 radical (unpaired) electrons. The lowest BCUT2D eigenvalue weighted by Gasteiger charge is -2.06. The van der Waals surface area contributed by atoms with Crippen molar-refractivity contribution in [3.05, 3.63) is 75.4 Å². The van der Waals surface area contributed by atoms with E-state index in [1.54, 1.807) is 28.9 Å². The molecule has 3 aromatic rings. The van der Waals surface area contributed by atoms with Crippen molar-refractivity contribution >= 4 is 45.1 Å². The van der Waals surface area contributed by atoms with Crippen molar-refractivity contribution in [3.8, 4) is 0 Å². The zero-order valence-electron chi connectivity index (χ0n) is 13.5. The van der Waals surface area contributed by atoms with Crippen molar-refractivity contribution in [1.29, 1.82) is 0 Å². The van der Waals surface area contributed by atoms with Crippen LogP contribution < -0.4 is 10.6 Å². The summed E-state index contributed by atoms with van der Waals surface area (Å²) in [6.07, 6.45) is 1.83. The summed E-state index contributed by atoms with van der Waals surface area (Å²) in [5.74, 6) is 0.451. The van der Waals surface area contributed by atoms with Crippen LogP contribution in [0, 0.1) is 6.92 Å². The zero-order chi connectivity index (χ0) is 17.8. The lowest BCUT2D eigenvalue weighted by Crippen LogP contribution is -2.20. The van der Waals surface area contributed by atoms with Crippen molar-refractivity contribution in [2.75, 3.05) is 10.6 Å². The van der Waals surface area contributed by atoms with Crippen molar-refractivity contribution in [2.24, 2.45) is 0 Å². The van der Waals surface area contributed by atoms with Crippen LogP contribution in [0.5, 0.6) is 0 Å². The lowest BCUT2D eigenvalue weighted by atomic mass is 10.1. The molecule has 0 aliphatic heterocycles. The second-order valence-corrected chi connectivity index (χ2v) is 6.89. The molecular formula is C18H16BrClN4O. The number of carbonyl (C=O) groups excluding carboxylic acids is 1. The number of anilines is 2. The lowest BCUT2D eigenvalue weighted by molar-refractivity contribution is 0.262. The molecule has 0 saturated carbocycles. The molecular weight excluding hydrogens is 404 g/mol. The van der Waals surface area contributed by atoms with Crippen LogP contribution in [-0.4, -0.2) is 15.8 Å². The van der Waals surface area contributed by atoms with E-state index >= 15 is 0 Å². The molecule has 0 unspecified atom stereocenters. The third-order valence-electron chi connectivity index (χ3n) is 3.50. The normalized spacial score (nSPS) is 10.5. The highest BCUT2D eigenvalue weighted by Crippen LogP contribution is 2.21. The van der Waals surface area contributed by atoms with Crippen molar-refractivity contribution in [1.82, 2.24) is 9.78 Å². The Labute approximate surface area is 159 Å². The molecule has 0 saturated heterocycles. The number of hydrogen-bond donors (Lipinski definition) is 2. The summed E-state index contributed by atoms with van der Waals surface area (Å²) in [6, 6.07) is 14.8. The first-order valence-corrected chi connectivity index (χ1v) is 8.79. The van der Waals surface area contributed by atoms with Crippen LogP contribution in [0.15, 0.2) is 59.2 Å². The van der Waals surface area contributed by atoms with Gasteiger partial charge in [0.1, 0.15) is 0 Å². The molecule has 0 aliphatic rings. The summed E-state index contributed by atoms with van der Waals surface area (Å²) in [4.78, 5) is 12.1. The quantitative estimate of drug-likeness (QED) is 0.603. The van der Waals surface area contributed by atoms with Gasteiger partial charge in [-0.05, 0) is 46.6 Å². The molecule has 2 N–H and O–H groups in total. The fourth-order valence-electron chi connectivity index (χ4n) is 2.28. The van der Waals surface area contributed by atoms with E-state index in [-0.39, 0.29) is 6.03 Å². The first kappa shape index (κ1) is 17.5. The van der Waals surface area contributed by atoms with Crippen LogP contribution in [0.4, 0.5) is 16.3 Å². The fraction of sp³-hybridized carbons (Fsp3) is 0.111. The van der Waals surface area contributed by atoms with E-state index < -0.39 is 0 Å². The summed E-state index contributed by atoms with van der Waals surface area (Å²) in [5, 5.41) is 10.4. The minimum Gasteiger partial charge on any atom is -0.308 e. The van der Waals surface area contributed by atoms with Crippen molar-refractivity contribution in [3.63, 3.8) is 0 Å². The number of nitrogens with one attached hydrogen (secondary N) is 2. The topological polar surface area (TPSA) is 59.0 Å². The summed E-state index contributed by atoms with van der Waals surface area (Å²) in [5.41, 5.74) is 2.96. The Morgan fingerprint density at radius 1 is 1.20 bits per heavy atom. The third-order valence-corrected chi connectivity index (χ3v) is 4.31. The van der Waals surface area contributed by atoms with Crippen LogP contribution >= 0.6 is 27.5 Å². The maximum atomic E-state index is 12.1. The van der Waals surface area contributed by atoms with Gasteiger partial charge >= 0.3 is 6.03 Å². The third kappa shape index (κ3) is 4.84. The number of carbonyl (C=O) groups is 1. The van der Waals surface area contributed by atoms with Crippen LogP contribution in [-0.2, 0) is 6.54 Å². The summed E-state index contributed by atoms with van der Waals surface area (Å²) in [7, 11) is 0. The Morgan fingerprint density at radius 2 is 1.96 bits per heavy atom. The first-order chi connectivity index (χ1) is 12.0. The second-order valence-electron chi connectivity index (χ2n) is 5.60. The largest absolute Gasteiger partial charge is 0.324 e. The second kappa shape index (κ2) is 7.72. The highest BCUT2D eigenvalue weighted by molar-refractivity contribution is 9.10. The predicted molar refractivity (Wildman–Crippen MR) is 104 cm³/mol. The van der Waals surface area contributed by atoms with Gasteiger partial charge in [-0.15, -0.1) is 0 Å². The number of benzene rings is 2. The van der Waals surface area contributed by atoms with Gasteiger partial charge in [0.2, 0.25) is 0 Å². The fourth-order valence-corrected chi connectivity index (χ4v) is 2.88. The highest BCUT2D eigenvalue weighted by Gasteiger charge is 2.11. The standard InChI is InChI=1S/C18H16BrClN4O/c1-12-5-7-13(8-6-12)10-24-11-16(19)17(23-24)22-18(25)21-15-4-2-3-14(20)9-15/h2-9,11H,10H2,1H3,(H2,21,22,23,25). The Kier molecular flexibility index (Phi) is 5.40. The molecule has 1 heterocycles. The predicted octanol–water partition coefficient (Wildman–Crippen LogP) is 5.30. The smallest absolute Gasteiger partial charge is 0.308 e. The number of amides is 2. The van der Waals surface area contributed by atoms with Gasteiger partial charge in [0, 0.05) is 16.9 Å². The number of halogens is 2. The highest BCUT2D eigenvalue weighted by atomic mass is 79.9. The molecule has 0 aliphatic carbocycles. The van der Waals surface area contributed by atoms with Gasteiger partial charge in [0.05, 0.1) is 11.0 Å². The summed E-state index contributed by atoms with van der Waals surface area (Å²) >= 11 is 9.33. The van der Waals surface area contributed by atoms with Crippen LogP contribution in [0.2, 0.25) is 5.02 Å². The maximum Gasteiger partial charge on any atom is 0.324 e. The maximum absolute atomic E-state index is 12.1. The molecule has 0 fully saturated rings. The van der Waals surface area contributed by atoms with Gasteiger partial charge in [0.25, 0.3) is 0 Å². The molecule has 2 aromatic carbocycles. The summed E-state index contributed by atoms with van der Waals surface area (Å²) in [6.45, 7) is 2.67. The molecule has 0 spiro atoms. The van der Waals surface area contributed by atoms with Gasteiger partial charge < -0.3 is 5.32 Å². The SMILES string of the molecule is Cc1ccc(Cn2cc(Br)c(NC(=O)Nc3cccc(Cl)c3)n2)cc1. The van der Waals surface area contributed by atoms with Gasteiger partial charge in [-0.1, -0.05) is 47.5 Å². The van der Waals surface area contributed by atoms with E-state index in [0.717, 1.165) is 5.56 Å². The van der Waals surface area contributed by atoms with E-state index in [2.05, 4.69) is 62.9 Å². The van der Waals surface area contributed by atoms with Gasteiger partial charge in [0.15, 0.2) is 5.82 Å². The number of aromatic nitrogens is 2. The van der Waals surface area contributed by atoms with Crippen LogP contribution in [0.3, 0.4) is 0 Å². The van der Waals surface area contributed by atoms with Crippen molar-refractivity contribution in [2.45, 2.75) is 13.5 Å². The van der Waals surface area contributed by atoms with Crippen LogP contribution in [0.1, 0.15) is 11.1 Å². The Balaban J connectivity index is 1.65. The minimum absolute atomic E-state index is 0.386. The molecule has 0 atom stereocenters. The number of nitrogens with zero attached hydrogens (tertiary/aromatic N) is 2. The molecule has 2 amide bonds. The monoisotopic (exact) mass is 418 g/mol. The molecule has 25 heavy (non-hydrogen) atoms. The molecule has 1 aromatic heterocycles. The number of aryl methyl sites for hydroxylation is 1. The Bertz CT molecular complexity index is 892. The zero-order valence-corrected chi connectivity index (χ0v) is 15.8. The number of urea groups is 1. The first-order valence-electron chi connectivity index (χ1n) is 7.62. The van der Waals surface area contributed by atoms with Gasteiger partial charge in [-0.3, -0.25) is 10.00 Å². The molecule has 7 heteroatoms. The molecule has 5 nitrogen and oxygen atoms in total. The molecule has 3 rings (SSSR count). The van der Waals surface area contributed by atoms with E-state index in [9.17, 15) is 4.79 Å².